The number of hydrogen-bond acceptors (Lipinski definition) is 4. The summed E-state index contributed by atoms with van der Waals surface area (Å²) in [5.41, 5.74) is 0. The third-order valence-corrected chi connectivity index (χ3v) is 3.51. The fraction of sp³-hybridized carbons (Fsp3) is 0.538. The van der Waals surface area contributed by atoms with E-state index in [1.807, 2.05) is 25.4 Å². The van der Waals surface area contributed by atoms with Crippen molar-refractivity contribution in [2.24, 2.45) is 5.92 Å². The lowest BCUT2D eigenvalue weighted by Gasteiger charge is -2.11. The van der Waals surface area contributed by atoms with E-state index in [2.05, 4.69) is 16.0 Å². The fourth-order valence-electron chi connectivity index (χ4n) is 1.57. The third kappa shape index (κ3) is 5.85. The van der Waals surface area contributed by atoms with Crippen LogP contribution in [0, 0.1) is 5.92 Å². The quantitative estimate of drug-likeness (QED) is 0.619. The van der Waals surface area contributed by atoms with E-state index in [1.54, 1.807) is 6.07 Å². The first-order chi connectivity index (χ1) is 9.15. The van der Waals surface area contributed by atoms with E-state index in [0.29, 0.717) is 24.5 Å². The normalized spacial score (nSPS) is 11.9. The fourth-order valence-corrected chi connectivity index (χ4v) is 2.21. The molecule has 0 aliphatic rings. The predicted molar refractivity (Wildman–Crippen MR) is 77.4 cm³/mol. The minimum absolute atomic E-state index is 0.0364. The molecule has 0 aromatic carbocycles. The molecule has 0 spiro atoms. The molecule has 5 nitrogen and oxygen atoms in total. The molecule has 0 aliphatic carbocycles. The van der Waals surface area contributed by atoms with E-state index < -0.39 is 0 Å². The Labute approximate surface area is 117 Å². The number of hydrogen-bond donors (Lipinski definition) is 3. The van der Waals surface area contributed by atoms with Crippen molar-refractivity contribution in [2.75, 3.05) is 26.7 Å². The van der Waals surface area contributed by atoms with Crippen molar-refractivity contribution in [3.05, 3.63) is 22.4 Å². The highest BCUT2D eigenvalue weighted by Crippen LogP contribution is 2.07. The molecule has 1 unspecified atom stereocenters. The molecule has 0 bridgehead atoms. The number of nitrogens with one attached hydrogen (secondary N) is 3. The van der Waals surface area contributed by atoms with Gasteiger partial charge in [-0.1, -0.05) is 13.0 Å². The Kier molecular flexibility index (Phi) is 7.14. The molecule has 1 aromatic heterocycles. The maximum atomic E-state index is 11.6. The standard InChI is InChI=1S/C13H21N3O2S/c1-10(9-14-2)12(17)15-6-4-7-16-13(18)11-5-3-8-19-11/h3,5,8,10,14H,4,6-7,9H2,1-2H3,(H,15,17)(H,16,18). The summed E-state index contributed by atoms with van der Waals surface area (Å²) in [6, 6.07) is 3.64. The van der Waals surface area contributed by atoms with Crippen LogP contribution in [-0.2, 0) is 4.79 Å². The first-order valence-electron chi connectivity index (χ1n) is 6.39. The number of rotatable bonds is 8. The van der Waals surface area contributed by atoms with Gasteiger partial charge in [-0.05, 0) is 24.9 Å². The molecular formula is C13H21N3O2S. The summed E-state index contributed by atoms with van der Waals surface area (Å²) in [4.78, 5) is 23.9. The molecular weight excluding hydrogens is 262 g/mol. The minimum Gasteiger partial charge on any atom is -0.356 e. The molecule has 0 aliphatic heterocycles. The van der Waals surface area contributed by atoms with Crippen LogP contribution in [0.5, 0.6) is 0 Å². The first-order valence-corrected chi connectivity index (χ1v) is 7.27. The van der Waals surface area contributed by atoms with Crippen LogP contribution in [0.25, 0.3) is 0 Å². The van der Waals surface area contributed by atoms with E-state index in [9.17, 15) is 9.59 Å². The summed E-state index contributed by atoms with van der Waals surface area (Å²) in [7, 11) is 1.82. The number of amides is 2. The number of thiophene rings is 1. The van der Waals surface area contributed by atoms with Crippen molar-refractivity contribution < 1.29 is 9.59 Å². The van der Waals surface area contributed by atoms with Crippen LogP contribution in [0.1, 0.15) is 23.0 Å². The van der Waals surface area contributed by atoms with Crippen molar-refractivity contribution in [3.8, 4) is 0 Å². The van der Waals surface area contributed by atoms with Crippen LogP contribution in [0.2, 0.25) is 0 Å². The molecule has 0 saturated heterocycles. The number of carbonyl (C=O) groups excluding carboxylic acids is 2. The number of carbonyl (C=O) groups is 2. The van der Waals surface area contributed by atoms with Crippen molar-refractivity contribution in [2.45, 2.75) is 13.3 Å². The monoisotopic (exact) mass is 283 g/mol. The second-order valence-electron chi connectivity index (χ2n) is 4.34. The van der Waals surface area contributed by atoms with Gasteiger partial charge in [0.15, 0.2) is 0 Å². The van der Waals surface area contributed by atoms with Crippen molar-refractivity contribution in [1.82, 2.24) is 16.0 Å². The SMILES string of the molecule is CNCC(C)C(=O)NCCCNC(=O)c1cccs1. The third-order valence-electron chi connectivity index (χ3n) is 2.64. The van der Waals surface area contributed by atoms with Crippen LogP contribution in [0.4, 0.5) is 0 Å². The molecule has 1 atom stereocenters. The Bertz CT molecular complexity index is 393. The van der Waals surface area contributed by atoms with E-state index in [0.717, 1.165) is 6.42 Å². The summed E-state index contributed by atoms with van der Waals surface area (Å²) < 4.78 is 0. The Morgan fingerprint density at radius 1 is 1.32 bits per heavy atom. The van der Waals surface area contributed by atoms with Gasteiger partial charge in [0.05, 0.1) is 4.88 Å². The maximum absolute atomic E-state index is 11.6. The largest absolute Gasteiger partial charge is 0.356 e. The molecule has 1 aromatic rings. The predicted octanol–water partition coefficient (Wildman–Crippen LogP) is 0.840. The van der Waals surface area contributed by atoms with E-state index in [-0.39, 0.29) is 17.7 Å². The van der Waals surface area contributed by atoms with E-state index in [4.69, 9.17) is 0 Å². The van der Waals surface area contributed by atoms with Gasteiger partial charge in [0, 0.05) is 25.6 Å². The second kappa shape index (κ2) is 8.66. The second-order valence-corrected chi connectivity index (χ2v) is 5.28. The molecule has 19 heavy (non-hydrogen) atoms. The summed E-state index contributed by atoms with van der Waals surface area (Å²) in [6.45, 7) is 3.69. The zero-order valence-corrected chi connectivity index (χ0v) is 12.2. The summed E-state index contributed by atoms with van der Waals surface area (Å²) in [5, 5.41) is 10.5. The van der Waals surface area contributed by atoms with Crippen LogP contribution >= 0.6 is 11.3 Å². The molecule has 6 heteroatoms. The zero-order valence-electron chi connectivity index (χ0n) is 11.4. The average Bonchev–Trinajstić information content (AvgIpc) is 2.92. The average molecular weight is 283 g/mol. The zero-order chi connectivity index (χ0) is 14.1. The van der Waals surface area contributed by atoms with Crippen LogP contribution in [0.3, 0.4) is 0 Å². The van der Waals surface area contributed by atoms with Crippen molar-refractivity contribution in [3.63, 3.8) is 0 Å². The van der Waals surface area contributed by atoms with Crippen LogP contribution in [-0.4, -0.2) is 38.5 Å². The lowest BCUT2D eigenvalue weighted by atomic mass is 10.1. The highest BCUT2D eigenvalue weighted by Gasteiger charge is 2.10. The summed E-state index contributed by atoms with van der Waals surface area (Å²) in [5.74, 6) is -0.0467. The van der Waals surface area contributed by atoms with E-state index in [1.165, 1.54) is 11.3 Å². The van der Waals surface area contributed by atoms with Gasteiger partial charge in [-0.3, -0.25) is 9.59 Å². The highest BCUT2D eigenvalue weighted by atomic mass is 32.1. The Morgan fingerprint density at radius 3 is 2.68 bits per heavy atom. The lowest BCUT2D eigenvalue weighted by molar-refractivity contribution is -0.124. The molecule has 0 radical (unpaired) electrons. The van der Waals surface area contributed by atoms with Gasteiger partial charge >= 0.3 is 0 Å². The molecule has 3 N–H and O–H groups in total. The Hall–Kier alpha value is -1.40. The molecule has 0 saturated carbocycles. The van der Waals surface area contributed by atoms with Gasteiger partial charge in [-0.15, -0.1) is 11.3 Å². The summed E-state index contributed by atoms with van der Waals surface area (Å²) >= 11 is 1.42. The first kappa shape index (κ1) is 15.7. The van der Waals surface area contributed by atoms with Crippen LogP contribution < -0.4 is 16.0 Å². The molecule has 2 amide bonds. The van der Waals surface area contributed by atoms with Gasteiger partial charge in [0.1, 0.15) is 0 Å². The van der Waals surface area contributed by atoms with Gasteiger partial charge < -0.3 is 16.0 Å². The van der Waals surface area contributed by atoms with Crippen molar-refractivity contribution in [1.29, 1.82) is 0 Å². The lowest BCUT2D eigenvalue weighted by Crippen LogP contribution is -2.36. The smallest absolute Gasteiger partial charge is 0.261 e. The van der Waals surface area contributed by atoms with Gasteiger partial charge in [0.2, 0.25) is 5.91 Å². The highest BCUT2D eigenvalue weighted by molar-refractivity contribution is 7.12. The molecule has 1 heterocycles. The maximum Gasteiger partial charge on any atom is 0.261 e. The van der Waals surface area contributed by atoms with Crippen LogP contribution in [0.15, 0.2) is 17.5 Å². The Balaban J connectivity index is 2.08. The van der Waals surface area contributed by atoms with Gasteiger partial charge in [-0.2, -0.15) is 0 Å². The molecule has 0 fully saturated rings. The molecule has 106 valence electrons. The Morgan fingerprint density at radius 2 is 2.05 bits per heavy atom. The van der Waals surface area contributed by atoms with Gasteiger partial charge in [0.25, 0.3) is 5.91 Å². The summed E-state index contributed by atoms with van der Waals surface area (Å²) in [6.07, 6.45) is 0.731. The molecule has 1 rings (SSSR count). The van der Waals surface area contributed by atoms with E-state index >= 15 is 0 Å². The topological polar surface area (TPSA) is 70.2 Å². The minimum atomic E-state index is -0.0510. The van der Waals surface area contributed by atoms with Gasteiger partial charge in [-0.25, -0.2) is 0 Å². The van der Waals surface area contributed by atoms with Crippen molar-refractivity contribution >= 4 is 23.2 Å².